The molecule has 0 fully saturated rings. The van der Waals surface area contributed by atoms with Crippen LogP contribution >= 0.6 is 0 Å². The quantitative estimate of drug-likeness (QED) is 0.824. The topological polar surface area (TPSA) is 30.5 Å². The Labute approximate surface area is 115 Å². The fourth-order valence-electron chi connectivity index (χ4n) is 2.36. The van der Waals surface area contributed by atoms with E-state index in [1.165, 1.54) is 5.56 Å². The summed E-state index contributed by atoms with van der Waals surface area (Å²) in [6, 6.07) is 4.23. The van der Waals surface area contributed by atoms with Crippen molar-refractivity contribution in [3.05, 3.63) is 23.3 Å². The first kappa shape index (κ1) is 13.8. The van der Waals surface area contributed by atoms with Crippen LogP contribution in [0, 0.1) is 12.3 Å². The molecule has 0 radical (unpaired) electrons. The van der Waals surface area contributed by atoms with E-state index in [1.54, 1.807) is 7.11 Å². The van der Waals surface area contributed by atoms with Gasteiger partial charge >= 0.3 is 0 Å². The van der Waals surface area contributed by atoms with E-state index in [2.05, 4.69) is 37.2 Å². The Bertz CT molecular complexity index is 490. The molecule has 2 rings (SSSR count). The third-order valence-corrected chi connectivity index (χ3v) is 3.45. The predicted octanol–water partition coefficient (Wildman–Crippen LogP) is 2.52. The summed E-state index contributed by atoms with van der Waals surface area (Å²) in [5.74, 6) is 4.61. The van der Waals surface area contributed by atoms with Crippen LogP contribution in [-0.4, -0.2) is 19.3 Å². The van der Waals surface area contributed by atoms with Crippen molar-refractivity contribution in [2.24, 2.45) is 0 Å². The SMILES string of the molecule is C#CC(CC)NCc1cc2c(cc1OC)CC(C)O2. The number of terminal acetylenes is 1. The normalized spacial score (nSPS) is 18.3. The standard InChI is InChI=1S/C16H21NO2/c1-5-14(6-2)17-10-13-9-16-12(7-11(3)19-16)8-15(13)18-4/h1,8-9,11,14,17H,6-7,10H2,2-4H3. The molecule has 3 heteroatoms. The number of nitrogens with one attached hydrogen (secondary N) is 1. The minimum Gasteiger partial charge on any atom is -0.496 e. The van der Waals surface area contributed by atoms with Crippen molar-refractivity contribution in [2.45, 2.75) is 45.4 Å². The molecule has 1 aliphatic heterocycles. The predicted molar refractivity (Wildman–Crippen MR) is 76.5 cm³/mol. The Morgan fingerprint density at radius 3 is 3.00 bits per heavy atom. The lowest BCUT2D eigenvalue weighted by Gasteiger charge is -2.14. The average molecular weight is 259 g/mol. The van der Waals surface area contributed by atoms with Gasteiger partial charge in [0.1, 0.15) is 17.6 Å². The molecule has 1 aromatic carbocycles. The summed E-state index contributed by atoms with van der Waals surface area (Å²) in [6.45, 7) is 4.84. The summed E-state index contributed by atoms with van der Waals surface area (Å²) in [5, 5.41) is 3.34. The minimum atomic E-state index is 0.0952. The molecule has 19 heavy (non-hydrogen) atoms. The van der Waals surface area contributed by atoms with E-state index in [1.807, 2.05) is 0 Å². The van der Waals surface area contributed by atoms with Crippen LogP contribution in [0.1, 0.15) is 31.4 Å². The van der Waals surface area contributed by atoms with Gasteiger partial charge in [0.2, 0.25) is 0 Å². The number of hydrogen-bond donors (Lipinski definition) is 1. The lowest BCUT2D eigenvalue weighted by molar-refractivity contribution is 0.254. The van der Waals surface area contributed by atoms with Gasteiger partial charge in [0.25, 0.3) is 0 Å². The number of fused-ring (bicyclic) bond motifs is 1. The van der Waals surface area contributed by atoms with Crippen LogP contribution in [0.25, 0.3) is 0 Å². The third kappa shape index (κ3) is 3.02. The zero-order valence-electron chi connectivity index (χ0n) is 11.8. The first-order chi connectivity index (χ1) is 9.17. The molecular formula is C16H21NO2. The molecule has 0 saturated carbocycles. The second-order valence-corrected chi connectivity index (χ2v) is 4.91. The number of benzene rings is 1. The van der Waals surface area contributed by atoms with Crippen LogP contribution < -0.4 is 14.8 Å². The number of methoxy groups -OCH3 is 1. The largest absolute Gasteiger partial charge is 0.496 e. The highest BCUT2D eigenvalue weighted by Gasteiger charge is 2.21. The second-order valence-electron chi connectivity index (χ2n) is 4.91. The van der Waals surface area contributed by atoms with Crippen LogP contribution in [0.5, 0.6) is 11.5 Å². The molecule has 1 aromatic rings. The highest BCUT2D eigenvalue weighted by atomic mass is 16.5. The van der Waals surface area contributed by atoms with Crippen molar-refractivity contribution >= 4 is 0 Å². The molecular weight excluding hydrogens is 238 g/mol. The molecule has 1 heterocycles. The van der Waals surface area contributed by atoms with Crippen molar-refractivity contribution in [1.82, 2.24) is 5.32 Å². The first-order valence-electron chi connectivity index (χ1n) is 6.73. The molecule has 0 aliphatic carbocycles. The molecule has 102 valence electrons. The molecule has 3 nitrogen and oxygen atoms in total. The van der Waals surface area contributed by atoms with Crippen LogP contribution in [0.2, 0.25) is 0 Å². The highest BCUT2D eigenvalue weighted by Crippen LogP contribution is 2.34. The van der Waals surface area contributed by atoms with Gasteiger partial charge in [-0.25, -0.2) is 0 Å². The first-order valence-corrected chi connectivity index (χ1v) is 6.73. The Kier molecular flexibility index (Phi) is 4.34. The lowest BCUT2D eigenvalue weighted by Crippen LogP contribution is -2.26. The van der Waals surface area contributed by atoms with E-state index < -0.39 is 0 Å². The zero-order valence-corrected chi connectivity index (χ0v) is 11.8. The number of rotatable bonds is 5. The minimum absolute atomic E-state index is 0.0952. The molecule has 1 N–H and O–H groups in total. The van der Waals surface area contributed by atoms with E-state index in [0.717, 1.165) is 29.9 Å². The monoisotopic (exact) mass is 259 g/mol. The number of ether oxygens (including phenoxy) is 2. The van der Waals surface area contributed by atoms with E-state index >= 15 is 0 Å². The molecule has 0 aromatic heterocycles. The fourth-order valence-corrected chi connectivity index (χ4v) is 2.36. The van der Waals surface area contributed by atoms with Gasteiger partial charge in [0.15, 0.2) is 0 Å². The summed E-state index contributed by atoms with van der Waals surface area (Å²) >= 11 is 0. The van der Waals surface area contributed by atoms with E-state index in [9.17, 15) is 0 Å². The maximum atomic E-state index is 5.78. The third-order valence-electron chi connectivity index (χ3n) is 3.45. The molecule has 0 amide bonds. The Morgan fingerprint density at radius 1 is 1.58 bits per heavy atom. The fraction of sp³-hybridized carbons (Fsp3) is 0.500. The molecule has 0 saturated heterocycles. The summed E-state index contributed by atoms with van der Waals surface area (Å²) in [7, 11) is 1.70. The van der Waals surface area contributed by atoms with Crippen LogP contribution in [0.3, 0.4) is 0 Å². The maximum Gasteiger partial charge on any atom is 0.123 e. The van der Waals surface area contributed by atoms with Crippen molar-refractivity contribution in [1.29, 1.82) is 0 Å². The van der Waals surface area contributed by atoms with Crippen molar-refractivity contribution in [2.75, 3.05) is 7.11 Å². The van der Waals surface area contributed by atoms with Gasteiger partial charge in [-0.05, 0) is 25.5 Å². The Balaban J connectivity index is 2.16. The smallest absolute Gasteiger partial charge is 0.123 e. The van der Waals surface area contributed by atoms with E-state index in [-0.39, 0.29) is 12.1 Å². The van der Waals surface area contributed by atoms with Gasteiger partial charge in [-0.15, -0.1) is 6.42 Å². The van der Waals surface area contributed by atoms with Crippen LogP contribution in [-0.2, 0) is 13.0 Å². The Morgan fingerprint density at radius 2 is 2.37 bits per heavy atom. The molecule has 2 atom stereocenters. The summed E-state index contributed by atoms with van der Waals surface area (Å²) in [4.78, 5) is 0. The highest BCUT2D eigenvalue weighted by molar-refractivity contribution is 5.48. The lowest BCUT2D eigenvalue weighted by atomic mass is 10.1. The van der Waals surface area contributed by atoms with Crippen molar-refractivity contribution in [3.8, 4) is 23.8 Å². The summed E-state index contributed by atoms with van der Waals surface area (Å²) < 4.78 is 11.2. The molecule has 0 spiro atoms. The van der Waals surface area contributed by atoms with E-state index in [4.69, 9.17) is 15.9 Å². The average Bonchev–Trinajstić information content (AvgIpc) is 2.77. The molecule has 1 aliphatic rings. The van der Waals surface area contributed by atoms with E-state index in [0.29, 0.717) is 6.54 Å². The molecule has 0 bridgehead atoms. The van der Waals surface area contributed by atoms with Gasteiger partial charge < -0.3 is 9.47 Å². The van der Waals surface area contributed by atoms with Crippen LogP contribution in [0.15, 0.2) is 12.1 Å². The van der Waals surface area contributed by atoms with Gasteiger partial charge in [0, 0.05) is 24.1 Å². The second kappa shape index (κ2) is 5.99. The summed E-state index contributed by atoms with van der Waals surface area (Å²) in [6.07, 6.45) is 7.56. The Hall–Kier alpha value is -1.66. The van der Waals surface area contributed by atoms with Crippen molar-refractivity contribution in [3.63, 3.8) is 0 Å². The maximum absolute atomic E-state index is 5.78. The summed E-state index contributed by atoms with van der Waals surface area (Å²) in [5.41, 5.74) is 2.31. The molecule has 2 unspecified atom stereocenters. The van der Waals surface area contributed by atoms with Gasteiger partial charge in [0.05, 0.1) is 13.2 Å². The number of hydrogen-bond acceptors (Lipinski definition) is 3. The van der Waals surface area contributed by atoms with Gasteiger partial charge in [-0.2, -0.15) is 0 Å². The van der Waals surface area contributed by atoms with Crippen LogP contribution in [0.4, 0.5) is 0 Å². The van der Waals surface area contributed by atoms with Gasteiger partial charge in [-0.1, -0.05) is 12.8 Å². The zero-order chi connectivity index (χ0) is 13.8. The van der Waals surface area contributed by atoms with Gasteiger partial charge in [-0.3, -0.25) is 5.32 Å². The van der Waals surface area contributed by atoms with Crippen molar-refractivity contribution < 1.29 is 9.47 Å².